The van der Waals surface area contributed by atoms with Crippen LogP contribution in [0.4, 0.5) is 0 Å². The van der Waals surface area contributed by atoms with Gasteiger partial charge < -0.3 is 19.9 Å². The SMILES string of the molecule is CCC(CC1CC1)NCC(O)COCCOC(C)C. The third-order valence-corrected chi connectivity index (χ3v) is 3.44. The highest BCUT2D eigenvalue weighted by molar-refractivity contribution is 4.80. The van der Waals surface area contributed by atoms with Crippen LogP contribution in [0.5, 0.6) is 0 Å². The van der Waals surface area contributed by atoms with E-state index in [1.165, 1.54) is 19.3 Å². The van der Waals surface area contributed by atoms with Crippen molar-refractivity contribution in [2.45, 2.75) is 64.7 Å². The van der Waals surface area contributed by atoms with Crippen LogP contribution in [-0.4, -0.2) is 49.7 Å². The molecule has 0 spiro atoms. The van der Waals surface area contributed by atoms with Crippen molar-refractivity contribution in [3.8, 4) is 0 Å². The second kappa shape index (κ2) is 9.70. The Morgan fingerprint density at radius 1 is 1.26 bits per heavy atom. The molecule has 0 bridgehead atoms. The van der Waals surface area contributed by atoms with Crippen LogP contribution in [-0.2, 0) is 9.47 Å². The highest BCUT2D eigenvalue weighted by atomic mass is 16.5. The third-order valence-electron chi connectivity index (χ3n) is 3.44. The van der Waals surface area contributed by atoms with Crippen LogP contribution in [0.2, 0.25) is 0 Å². The fraction of sp³-hybridized carbons (Fsp3) is 1.00. The Hall–Kier alpha value is -0.160. The number of aliphatic hydroxyl groups excluding tert-OH is 1. The topological polar surface area (TPSA) is 50.7 Å². The smallest absolute Gasteiger partial charge is 0.0897 e. The standard InChI is InChI=1S/C15H31NO3/c1-4-14(9-13-5-6-13)16-10-15(17)11-18-7-8-19-12(2)3/h12-17H,4-11H2,1-3H3. The molecular formula is C15H31NO3. The highest BCUT2D eigenvalue weighted by Gasteiger charge is 2.24. The molecule has 1 aliphatic rings. The Bertz CT molecular complexity index is 219. The predicted octanol–water partition coefficient (Wildman–Crippen LogP) is 1.96. The Labute approximate surface area is 117 Å². The molecule has 1 rings (SSSR count). The van der Waals surface area contributed by atoms with Crippen LogP contribution < -0.4 is 5.32 Å². The molecule has 4 nitrogen and oxygen atoms in total. The number of nitrogens with one attached hydrogen (secondary N) is 1. The van der Waals surface area contributed by atoms with E-state index < -0.39 is 6.10 Å². The van der Waals surface area contributed by atoms with E-state index >= 15 is 0 Å². The number of ether oxygens (including phenoxy) is 2. The molecule has 0 heterocycles. The summed E-state index contributed by atoms with van der Waals surface area (Å²) in [5.41, 5.74) is 0. The van der Waals surface area contributed by atoms with E-state index in [0.717, 1.165) is 12.3 Å². The van der Waals surface area contributed by atoms with Gasteiger partial charge in [-0.2, -0.15) is 0 Å². The molecule has 19 heavy (non-hydrogen) atoms. The lowest BCUT2D eigenvalue weighted by atomic mass is 10.1. The molecule has 0 aromatic heterocycles. The normalized spacial score (nSPS) is 18.8. The van der Waals surface area contributed by atoms with Gasteiger partial charge in [0, 0.05) is 12.6 Å². The first kappa shape index (κ1) is 16.9. The second-order valence-corrected chi connectivity index (χ2v) is 5.84. The van der Waals surface area contributed by atoms with Crippen molar-refractivity contribution >= 4 is 0 Å². The van der Waals surface area contributed by atoms with E-state index in [-0.39, 0.29) is 6.10 Å². The molecule has 114 valence electrons. The number of aliphatic hydroxyl groups is 1. The molecule has 2 unspecified atom stereocenters. The Morgan fingerprint density at radius 2 is 2.00 bits per heavy atom. The van der Waals surface area contributed by atoms with E-state index in [2.05, 4.69) is 12.2 Å². The van der Waals surface area contributed by atoms with Crippen LogP contribution in [0.1, 0.15) is 46.5 Å². The predicted molar refractivity (Wildman–Crippen MR) is 77.3 cm³/mol. The maximum Gasteiger partial charge on any atom is 0.0897 e. The molecule has 0 amide bonds. The Balaban J connectivity index is 1.95. The average molecular weight is 273 g/mol. The summed E-state index contributed by atoms with van der Waals surface area (Å²) >= 11 is 0. The first-order valence-corrected chi connectivity index (χ1v) is 7.72. The van der Waals surface area contributed by atoms with Crippen molar-refractivity contribution in [3.05, 3.63) is 0 Å². The van der Waals surface area contributed by atoms with Crippen LogP contribution in [0.3, 0.4) is 0 Å². The number of rotatable bonds is 12. The fourth-order valence-corrected chi connectivity index (χ4v) is 2.07. The van der Waals surface area contributed by atoms with Gasteiger partial charge in [0.1, 0.15) is 0 Å². The van der Waals surface area contributed by atoms with Gasteiger partial charge in [0.2, 0.25) is 0 Å². The lowest BCUT2D eigenvalue weighted by Crippen LogP contribution is -2.37. The van der Waals surface area contributed by atoms with Crippen molar-refractivity contribution < 1.29 is 14.6 Å². The van der Waals surface area contributed by atoms with Gasteiger partial charge in [-0.3, -0.25) is 0 Å². The lowest BCUT2D eigenvalue weighted by molar-refractivity contribution is -0.0106. The van der Waals surface area contributed by atoms with Crippen molar-refractivity contribution in [2.24, 2.45) is 5.92 Å². The van der Waals surface area contributed by atoms with Crippen molar-refractivity contribution in [2.75, 3.05) is 26.4 Å². The molecular weight excluding hydrogens is 242 g/mol. The monoisotopic (exact) mass is 273 g/mol. The summed E-state index contributed by atoms with van der Waals surface area (Å²) in [6.45, 7) is 8.36. The maximum atomic E-state index is 9.82. The average Bonchev–Trinajstić information content (AvgIpc) is 3.17. The zero-order valence-corrected chi connectivity index (χ0v) is 12.7. The third kappa shape index (κ3) is 9.38. The summed E-state index contributed by atoms with van der Waals surface area (Å²) < 4.78 is 10.8. The van der Waals surface area contributed by atoms with Crippen LogP contribution in [0, 0.1) is 5.92 Å². The summed E-state index contributed by atoms with van der Waals surface area (Å²) in [6.07, 6.45) is 4.98. The minimum Gasteiger partial charge on any atom is -0.389 e. The molecule has 0 aromatic rings. The molecule has 0 radical (unpaired) electrons. The second-order valence-electron chi connectivity index (χ2n) is 5.84. The molecule has 2 N–H and O–H groups in total. The van der Waals surface area contributed by atoms with Gasteiger partial charge in [-0.1, -0.05) is 19.8 Å². The fourth-order valence-electron chi connectivity index (χ4n) is 2.07. The quantitative estimate of drug-likeness (QED) is 0.534. The van der Waals surface area contributed by atoms with Crippen LogP contribution in [0.25, 0.3) is 0 Å². The first-order valence-electron chi connectivity index (χ1n) is 7.72. The van der Waals surface area contributed by atoms with Crippen molar-refractivity contribution in [1.82, 2.24) is 5.32 Å². The van der Waals surface area contributed by atoms with E-state index in [4.69, 9.17) is 9.47 Å². The Kier molecular flexibility index (Phi) is 8.62. The van der Waals surface area contributed by atoms with Gasteiger partial charge in [0.25, 0.3) is 0 Å². The summed E-state index contributed by atoms with van der Waals surface area (Å²) in [5.74, 6) is 0.930. The van der Waals surface area contributed by atoms with Gasteiger partial charge in [-0.25, -0.2) is 0 Å². The first-order chi connectivity index (χ1) is 9.11. The molecule has 0 aromatic carbocycles. The van der Waals surface area contributed by atoms with Crippen molar-refractivity contribution in [3.63, 3.8) is 0 Å². The minimum absolute atomic E-state index is 0.239. The van der Waals surface area contributed by atoms with E-state index in [0.29, 0.717) is 32.4 Å². The highest BCUT2D eigenvalue weighted by Crippen LogP contribution is 2.33. The maximum absolute atomic E-state index is 9.82. The zero-order chi connectivity index (χ0) is 14.1. The lowest BCUT2D eigenvalue weighted by Gasteiger charge is -2.19. The molecule has 1 fully saturated rings. The van der Waals surface area contributed by atoms with Gasteiger partial charge in [0.15, 0.2) is 0 Å². The molecule has 1 saturated carbocycles. The largest absolute Gasteiger partial charge is 0.389 e. The summed E-state index contributed by atoms with van der Waals surface area (Å²) in [6, 6.07) is 0.548. The van der Waals surface area contributed by atoms with Gasteiger partial charge in [0.05, 0.1) is 32.0 Å². The molecule has 1 aliphatic carbocycles. The molecule has 0 saturated heterocycles. The zero-order valence-electron chi connectivity index (χ0n) is 12.7. The van der Waals surface area contributed by atoms with Gasteiger partial charge >= 0.3 is 0 Å². The molecule has 2 atom stereocenters. The van der Waals surface area contributed by atoms with Crippen LogP contribution >= 0.6 is 0 Å². The van der Waals surface area contributed by atoms with Gasteiger partial charge in [-0.15, -0.1) is 0 Å². The molecule has 4 heteroatoms. The summed E-state index contributed by atoms with van der Waals surface area (Å²) in [4.78, 5) is 0. The number of hydrogen-bond acceptors (Lipinski definition) is 4. The number of hydrogen-bond donors (Lipinski definition) is 2. The molecule has 0 aliphatic heterocycles. The minimum atomic E-state index is -0.424. The van der Waals surface area contributed by atoms with Gasteiger partial charge in [-0.05, 0) is 32.6 Å². The summed E-state index contributed by atoms with van der Waals surface area (Å²) in [5, 5.41) is 13.3. The van der Waals surface area contributed by atoms with E-state index in [9.17, 15) is 5.11 Å². The Morgan fingerprint density at radius 3 is 2.58 bits per heavy atom. The van der Waals surface area contributed by atoms with Crippen LogP contribution in [0.15, 0.2) is 0 Å². The van der Waals surface area contributed by atoms with Crippen molar-refractivity contribution in [1.29, 1.82) is 0 Å². The van der Waals surface area contributed by atoms with E-state index in [1.807, 2.05) is 13.8 Å². The van der Waals surface area contributed by atoms with E-state index in [1.54, 1.807) is 0 Å². The summed E-state index contributed by atoms with van der Waals surface area (Å²) in [7, 11) is 0.